The number of esters is 1. The lowest BCUT2D eigenvalue weighted by Crippen LogP contribution is -3.00. The van der Waals surface area contributed by atoms with Crippen LogP contribution in [-0.4, -0.2) is 55.0 Å². The number of likely N-dealkylation sites (tertiary alicyclic amines) is 1. The molecule has 33 heavy (non-hydrogen) atoms. The van der Waals surface area contributed by atoms with Gasteiger partial charge in [-0.15, -0.1) is 0 Å². The van der Waals surface area contributed by atoms with E-state index in [0.29, 0.717) is 12.2 Å². The quantitative estimate of drug-likeness (QED) is 0.309. The van der Waals surface area contributed by atoms with Crippen LogP contribution in [0.1, 0.15) is 44.1 Å². The molecule has 6 heteroatoms. The van der Waals surface area contributed by atoms with Gasteiger partial charge in [0, 0.05) is 18.8 Å². The zero-order chi connectivity index (χ0) is 22.4. The molecule has 0 aromatic heterocycles. The van der Waals surface area contributed by atoms with Gasteiger partial charge in [0.05, 0.1) is 26.7 Å². The van der Waals surface area contributed by atoms with Crippen molar-refractivity contribution in [1.82, 2.24) is 0 Å². The van der Waals surface area contributed by atoms with Crippen LogP contribution in [0, 0.1) is 5.92 Å². The molecule has 1 saturated heterocycles. The number of para-hydroxylation sites is 1. The maximum Gasteiger partial charge on any atom is 0.343 e. The molecule has 5 nitrogen and oxygen atoms in total. The van der Waals surface area contributed by atoms with Crippen LogP contribution in [0.25, 0.3) is 0 Å². The van der Waals surface area contributed by atoms with Crippen molar-refractivity contribution in [3.05, 3.63) is 66.2 Å². The maximum atomic E-state index is 13.3. The molecule has 1 aliphatic heterocycles. The molecule has 2 aromatic rings. The Morgan fingerprint density at radius 3 is 2.33 bits per heavy atom. The topological polar surface area (TPSA) is 55.8 Å². The number of carbonyl (C=O) groups is 1. The van der Waals surface area contributed by atoms with E-state index in [1.54, 1.807) is 0 Å². The monoisotopic (exact) mass is 517 g/mol. The molecule has 2 fully saturated rings. The van der Waals surface area contributed by atoms with Gasteiger partial charge in [0.2, 0.25) is 0 Å². The third-order valence-electron chi connectivity index (χ3n) is 7.23. The lowest BCUT2D eigenvalue weighted by Gasteiger charge is -2.33. The van der Waals surface area contributed by atoms with E-state index in [4.69, 9.17) is 9.47 Å². The molecular formula is C27H36BrNO4. The molecule has 1 aliphatic carbocycles. The van der Waals surface area contributed by atoms with E-state index in [1.165, 1.54) is 0 Å². The highest BCUT2D eigenvalue weighted by atomic mass is 79.9. The van der Waals surface area contributed by atoms with Crippen molar-refractivity contribution in [1.29, 1.82) is 0 Å². The highest BCUT2D eigenvalue weighted by molar-refractivity contribution is 5.81. The lowest BCUT2D eigenvalue weighted by molar-refractivity contribution is -0.899. The van der Waals surface area contributed by atoms with Crippen LogP contribution >= 0.6 is 0 Å². The first-order chi connectivity index (χ1) is 15.5. The van der Waals surface area contributed by atoms with Crippen molar-refractivity contribution in [3.8, 4) is 5.75 Å². The van der Waals surface area contributed by atoms with Gasteiger partial charge in [-0.2, -0.15) is 0 Å². The average molecular weight is 518 g/mol. The van der Waals surface area contributed by atoms with E-state index in [9.17, 15) is 9.90 Å². The SMILES string of the molecule is C[N+]1(CCCOc2ccccc2)CCC(OC(=O)[C@](O)(c2ccccc2)C2CCCC2)C1.[Br-]. The molecule has 2 aliphatic rings. The van der Waals surface area contributed by atoms with Gasteiger partial charge in [-0.3, -0.25) is 0 Å². The number of nitrogens with zero attached hydrogens (tertiary/aromatic N) is 1. The summed E-state index contributed by atoms with van der Waals surface area (Å²) in [6.45, 7) is 3.41. The van der Waals surface area contributed by atoms with Crippen LogP contribution in [0.4, 0.5) is 0 Å². The number of likely N-dealkylation sites (N-methyl/N-ethyl adjacent to an activating group) is 1. The van der Waals surface area contributed by atoms with E-state index in [0.717, 1.165) is 68.4 Å². The molecule has 1 heterocycles. The van der Waals surface area contributed by atoms with Crippen molar-refractivity contribution in [2.75, 3.05) is 33.3 Å². The van der Waals surface area contributed by atoms with E-state index >= 15 is 0 Å². The van der Waals surface area contributed by atoms with E-state index in [2.05, 4.69) is 7.05 Å². The van der Waals surface area contributed by atoms with Gasteiger partial charge in [-0.05, 0) is 30.5 Å². The molecule has 2 unspecified atom stereocenters. The van der Waals surface area contributed by atoms with Gasteiger partial charge in [-0.1, -0.05) is 61.4 Å². The summed E-state index contributed by atoms with van der Waals surface area (Å²) < 4.78 is 12.7. The normalized spacial score (nSPS) is 24.6. The largest absolute Gasteiger partial charge is 1.00 e. The summed E-state index contributed by atoms with van der Waals surface area (Å²) in [4.78, 5) is 13.3. The van der Waals surface area contributed by atoms with E-state index < -0.39 is 11.6 Å². The first-order valence-corrected chi connectivity index (χ1v) is 12.0. The molecular weight excluding hydrogens is 482 g/mol. The van der Waals surface area contributed by atoms with Crippen molar-refractivity contribution >= 4 is 5.97 Å². The maximum absolute atomic E-state index is 13.3. The fourth-order valence-corrected chi connectivity index (χ4v) is 5.38. The zero-order valence-corrected chi connectivity index (χ0v) is 21.1. The summed E-state index contributed by atoms with van der Waals surface area (Å²) in [6, 6.07) is 19.2. The molecule has 1 N–H and O–H groups in total. The summed E-state index contributed by atoms with van der Waals surface area (Å²) in [7, 11) is 2.22. The second-order valence-electron chi connectivity index (χ2n) is 9.69. The predicted octanol–water partition coefficient (Wildman–Crippen LogP) is 1.30. The van der Waals surface area contributed by atoms with Gasteiger partial charge in [-0.25, -0.2) is 4.79 Å². The second kappa shape index (κ2) is 11.5. The standard InChI is InChI=1S/C27H36NO4.BrH/c1-28(18-10-20-31-24-15-6-3-7-16-24)19-17-25(21-28)32-26(29)27(30,23-13-8-9-14-23)22-11-4-2-5-12-22;/h2-7,11-12,15-16,23,25,30H,8-10,13-14,17-21H2,1H3;1H/q+1;/p-1/t25?,27-,28?;/m0./s1. The first-order valence-electron chi connectivity index (χ1n) is 12.0. The Morgan fingerprint density at radius 1 is 1.03 bits per heavy atom. The third-order valence-corrected chi connectivity index (χ3v) is 7.23. The number of carbonyl (C=O) groups excluding carboxylic acids is 1. The van der Waals surface area contributed by atoms with E-state index in [1.807, 2.05) is 60.7 Å². The smallest absolute Gasteiger partial charge is 0.343 e. The highest BCUT2D eigenvalue weighted by Gasteiger charge is 2.49. The molecule has 1 saturated carbocycles. The molecule has 0 spiro atoms. The minimum Gasteiger partial charge on any atom is -1.00 e. The fourth-order valence-electron chi connectivity index (χ4n) is 5.38. The Morgan fingerprint density at radius 2 is 1.67 bits per heavy atom. The van der Waals surface area contributed by atoms with Gasteiger partial charge in [0.1, 0.15) is 12.3 Å². The average Bonchev–Trinajstić information content (AvgIpc) is 3.48. The lowest BCUT2D eigenvalue weighted by atomic mass is 9.80. The van der Waals surface area contributed by atoms with Gasteiger partial charge in [0.15, 0.2) is 11.7 Å². The van der Waals surface area contributed by atoms with Crippen LogP contribution in [0.5, 0.6) is 5.75 Å². The molecule has 2 aromatic carbocycles. The highest BCUT2D eigenvalue weighted by Crippen LogP contribution is 2.42. The summed E-state index contributed by atoms with van der Waals surface area (Å²) in [6.07, 6.45) is 5.45. The van der Waals surface area contributed by atoms with Crippen molar-refractivity contribution in [2.24, 2.45) is 5.92 Å². The Labute approximate surface area is 208 Å². The number of hydrogen-bond donors (Lipinski definition) is 1. The number of hydrogen-bond acceptors (Lipinski definition) is 4. The summed E-state index contributed by atoms with van der Waals surface area (Å²) in [5.74, 6) is 0.353. The van der Waals surface area contributed by atoms with Gasteiger partial charge >= 0.3 is 5.97 Å². The molecule has 180 valence electrons. The number of rotatable bonds is 9. The molecule has 3 atom stereocenters. The van der Waals surface area contributed by atoms with Crippen LogP contribution in [0.2, 0.25) is 0 Å². The van der Waals surface area contributed by atoms with E-state index in [-0.39, 0.29) is 29.0 Å². The van der Waals surface area contributed by atoms with Crippen molar-refractivity contribution < 1.29 is 40.8 Å². The van der Waals surface area contributed by atoms with Crippen LogP contribution in [0.15, 0.2) is 60.7 Å². The third kappa shape index (κ3) is 6.17. The van der Waals surface area contributed by atoms with Crippen molar-refractivity contribution in [2.45, 2.75) is 50.2 Å². The van der Waals surface area contributed by atoms with Crippen molar-refractivity contribution in [3.63, 3.8) is 0 Å². The number of ether oxygens (including phenoxy) is 2. The Balaban J connectivity index is 0.00000306. The number of quaternary nitrogens is 1. The van der Waals surface area contributed by atoms with Crippen LogP contribution in [0.3, 0.4) is 0 Å². The summed E-state index contributed by atoms with van der Waals surface area (Å²) in [5.41, 5.74) is -0.891. The second-order valence-corrected chi connectivity index (χ2v) is 9.69. The Bertz CT molecular complexity index is 874. The van der Waals surface area contributed by atoms with Gasteiger partial charge in [0.25, 0.3) is 0 Å². The summed E-state index contributed by atoms with van der Waals surface area (Å²) in [5, 5.41) is 11.6. The molecule has 4 rings (SSSR count). The molecule has 0 amide bonds. The zero-order valence-electron chi connectivity index (χ0n) is 19.5. The number of halogens is 1. The minimum absolute atomic E-state index is 0. The Hall–Kier alpha value is -1.89. The number of benzene rings is 2. The van der Waals surface area contributed by atoms with Gasteiger partial charge < -0.3 is 36.0 Å². The minimum atomic E-state index is -1.55. The molecule has 0 bridgehead atoms. The Kier molecular flexibility index (Phi) is 8.96. The van der Waals surface area contributed by atoms with Crippen LogP contribution < -0.4 is 21.7 Å². The summed E-state index contributed by atoms with van der Waals surface area (Å²) >= 11 is 0. The first kappa shape index (κ1) is 25.7. The predicted molar refractivity (Wildman–Crippen MR) is 124 cm³/mol. The molecule has 0 radical (unpaired) electrons. The van der Waals surface area contributed by atoms with Crippen LogP contribution in [-0.2, 0) is 15.1 Å². The fraction of sp³-hybridized carbons (Fsp3) is 0.519. The number of aliphatic hydroxyl groups is 1.